The molecule has 1 aromatic carbocycles. The van der Waals surface area contributed by atoms with Gasteiger partial charge in [0.2, 0.25) is 10.0 Å². The number of thiophene rings is 1. The van der Waals surface area contributed by atoms with Gasteiger partial charge in [0.1, 0.15) is 5.75 Å². The standard InChI is InChI=1S/C16H16N2O3S3/c1-11-18-15(10-22-11)16-8-5-13(23-16)9-17-24(19,20)14-6-3-12(21-2)4-7-14/h3-8,10,17H,9H2,1-2H3. The lowest BCUT2D eigenvalue weighted by atomic mass is 10.3. The molecule has 3 rings (SSSR count). The van der Waals surface area contributed by atoms with Crippen LogP contribution in [0.3, 0.4) is 0 Å². The van der Waals surface area contributed by atoms with Crippen molar-refractivity contribution in [3.63, 3.8) is 0 Å². The van der Waals surface area contributed by atoms with Gasteiger partial charge >= 0.3 is 0 Å². The van der Waals surface area contributed by atoms with Gasteiger partial charge in [0, 0.05) is 16.8 Å². The quantitative estimate of drug-likeness (QED) is 0.708. The largest absolute Gasteiger partial charge is 0.497 e. The Morgan fingerprint density at radius 2 is 1.92 bits per heavy atom. The molecule has 0 radical (unpaired) electrons. The lowest BCUT2D eigenvalue weighted by molar-refractivity contribution is 0.414. The van der Waals surface area contributed by atoms with Crippen molar-refractivity contribution >= 4 is 32.7 Å². The van der Waals surface area contributed by atoms with Crippen LogP contribution in [0.2, 0.25) is 0 Å². The van der Waals surface area contributed by atoms with Gasteiger partial charge < -0.3 is 4.74 Å². The molecule has 0 bridgehead atoms. The van der Waals surface area contributed by atoms with E-state index < -0.39 is 10.0 Å². The minimum Gasteiger partial charge on any atom is -0.497 e. The van der Waals surface area contributed by atoms with Crippen LogP contribution in [-0.4, -0.2) is 20.5 Å². The molecule has 8 heteroatoms. The molecular weight excluding hydrogens is 364 g/mol. The van der Waals surface area contributed by atoms with Gasteiger partial charge in [0.15, 0.2) is 0 Å². The number of nitrogens with zero attached hydrogens (tertiary/aromatic N) is 1. The van der Waals surface area contributed by atoms with Crippen LogP contribution in [-0.2, 0) is 16.6 Å². The predicted molar refractivity (Wildman–Crippen MR) is 97.2 cm³/mol. The Balaban J connectivity index is 1.69. The summed E-state index contributed by atoms with van der Waals surface area (Å²) in [5.74, 6) is 0.621. The molecule has 0 aliphatic carbocycles. The highest BCUT2D eigenvalue weighted by atomic mass is 32.2. The first-order chi connectivity index (χ1) is 11.5. The SMILES string of the molecule is COc1ccc(S(=O)(=O)NCc2ccc(-c3csc(C)n3)s2)cc1. The Morgan fingerprint density at radius 3 is 2.54 bits per heavy atom. The van der Waals surface area contributed by atoms with Crippen LogP contribution in [0.1, 0.15) is 9.88 Å². The molecular formula is C16H16N2O3S3. The zero-order chi connectivity index (χ0) is 17.2. The van der Waals surface area contributed by atoms with E-state index >= 15 is 0 Å². The van der Waals surface area contributed by atoms with E-state index in [1.165, 1.54) is 23.5 Å². The average Bonchev–Trinajstić information content (AvgIpc) is 3.22. The van der Waals surface area contributed by atoms with Crippen LogP contribution < -0.4 is 9.46 Å². The van der Waals surface area contributed by atoms with Crippen molar-refractivity contribution in [3.05, 3.63) is 51.7 Å². The second kappa shape index (κ2) is 7.02. The minimum atomic E-state index is -3.55. The predicted octanol–water partition coefficient (Wildman–Crippen LogP) is 3.67. The molecule has 0 atom stereocenters. The first-order valence-corrected chi connectivity index (χ1v) is 10.3. The van der Waals surface area contributed by atoms with Gasteiger partial charge in [-0.15, -0.1) is 22.7 Å². The Morgan fingerprint density at radius 1 is 1.17 bits per heavy atom. The van der Waals surface area contributed by atoms with E-state index in [4.69, 9.17) is 4.74 Å². The van der Waals surface area contributed by atoms with Crippen LogP contribution in [0.15, 0.2) is 46.7 Å². The molecule has 0 amide bonds. The second-order valence-corrected chi connectivity index (χ2v) is 9.02. The van der Waals surface area contributed by atoms with Crippen molar-refractivity contribution in [2.24, 2.45) is 0 Å². The third kappa shape index (κ3) is 3.84. The number of methoxy groups -OCH3 is 1. The Labute approximate surface area is 149 Å². The van der Waals surface area contributed by atoms with Crippen LogP contribution >= 0.6 is 22.7 Å². The molecule has 126 valence electrons. The molecule has 2 heterocycles. The summed E-state index contributed by atoms with van der Waals surface area (Å²) >= 11 is 3.14. The fourth-order valence-corrected chi connectivity index (χ4v) is 4.79. The zero-order valence-corrected chi connectivity index (χ0v) is 15.6. The summed E-state index contributed by atoms with van der Waals surface area (Å²) in [5, 5.41) is 3.02. The van der Waals surface area contributed by atoms with E-state index in [-0.39, 0.29) is 11.4 Å². The summed E-state index contributed by atoms with van der Waals surface area (Å²) in [5.41, 5.74) is 0.937. The molecule has 0 fully saturated rings. The molecule has 0 spiro atoms. The number of rotatable bonds is 6. The van der Waals surface area contributed by atoms with Crippen molar-refractivity contribution in [1.29, 1.82) is 0 Å². The monoisotopic (exact) mass is 380 g/mol. The molecule has 0 aliphatic heterocycles. The van der Waals surface area contributed by atoms with Crippen molar-refractivity contribution in [1.82, 2.24) is 9.71 Å². The summed E-state index contributed by atoms with van der Waals surface area (Å²) < 4.78 is 32.3. The third-order valence-electron chi connectivity index (χ3n) is 3.34. The Kier molecular flexibility index (Phi) is 5.00. The van der Waals surface area contributed by atoms with E-state index in [1.807, 2.05) is 24.4 Å². The summed E-state index contributed by atoms with van der Waals surface area (Å²) in [6, 6.07) is 10.2. The van der Waals surface area contributed by atoms with Crippen LogP contribution in [0.4, 0.5) is 0 Å². The normalized spacial score (nSPS) is 11.6. The van der Waals surface area contributed by atoms with E-state index in [2.05, 4.69) is 9.71 Å². The molecule has 0 unspecified atom stereocenters. The third-order valence-corrected chi connectivity index (χ3v) is 6.64. The summed E-state index contributed by atoms with van der Waals surface area (Å²) in [4.78, 5) is 6.64. The van der Waals surface area contributed by atoms with Crippen molar-refractivity contribution < 1.29 is 13.2 Å². The number of sulfonamides is 1. The first-order valence-electron chi connectivity index (χ1n) is 7.13. The number of thiazole rings is 1. The number of ether oxygens (including phenoxy) is 1. The number of aromatic nitrogens is 1. The maximum atomic E-state index is 12.3. The molecule has 0 aliphatic rings. The molecule has 2 aromatic heterocycles. The number of hydrogen-bond donors (Lipinski definition) is 1. The summed E-state index contributed by atoms with van der Waals surface area (Å²) in [6.07, 6.45) is 0. The van der Waals surface area contributed by atoms with Gasteiger partial charge in [0.25, 0.3) is 0 Å². The lowest BCUT2D eigenvalue weighted by Crippen LogP contribution is -2.22. The highest BCUT2D eigenvalue weighted by Crippen LogP contribution is 2.29. The van der Waals surface area contributed by atoms with E-state index in [0.29, 0.717) is 5.75 Å². The van der Waals surface area contributed by atoms with Crippen LogP contribution in [0.25, 0.3) is 10.6 Å². The van der Waals surface area contributed by atoms with Crippen LogP contribution in [0.5, 0.6) is 5.75 Å². The van der Waals surface area contributed by atoms with E-state index in [0.717, 1.165) is 20.5 Å². The molecule has 3 aromatic rings. The topological polar surface area (TPSA) is 68.3 Å². The fraction of sp³-hybridized carbons (Fsp3) is 0.188. The van der Waals surface area contributed by atoms with Crippen LogP contribution in [0, 0.1) is 6.92 Å². The minimum absolute atomic E-state index is 0.218. The lowest BCUT2D eigenvalue weighted by Gasteiger charge is -2.06. The molecule has 0 saturated heterocycles. The molecule has 0 saturated carbocycles. The maximum Gasteiger partial charge on any atom is 0.240 e. The highest BCUT2D eigenvalue weighted by molar-refractivity contribution is 7.89. The van der Waals surface area contributed by atoms with E-state index in [9.17, 15) is 8.42 Å². The van der Waals surface area contributed by atoms with Gasteiger partial charge in [0.05, 0.1) is 27.6 Å². The number of nitrogens with one attached hydrogen (secondary N) is 1. The van der Waals surface area contributed by atoms with Gasteiger partial charge in [-0.2, -0.15) is 0 Å². The number of aryl methyl sites for hydroxylation is 1. The fourth-order valence-electron chi connectivity index (χ4n) is 2.09. The zero-order valence-electron chi connectivity index (χ0n) is 13.1. The van der Waals surface area contributed by atoms with E-state index in [1.54, 1.807) is 30.6 Å². The molecule has 5 nitrogen and oxygen atoms in total. The Bertz CT molecular complexity index is 928. The highest BCUT2D eigenvalue weighted by Gasteiger charge is 2.14. The number of hydrogen-bond acceptors (Lipinski definition) is 6. The average molecular weight is 381 g/mol. The Hall–Kier alpha value is -1.74. The smallest absolute Gasteiger partial charge is 0.240 e. The van der Waals surface area contributed by atoms with Gasteiger partial charge in [-0.05, 0) is 43.3 Å². The maximum absolute atomic E-state index is 12.3. The van der Waals surface area contributed by atoms with Crippen molar-refractivity contribution in [2.75, 3.05) is 7.11 Å². The van der Waals surface area contributed by atoms with Gasteiger partial charge in [-0.3, -0.25) is 0 Å². The van der Waals surface area contributed by atoms with Gasteiger partial charge in [-0.25, -0.2) is 18.1 Å². The van der Waals surface area contributed by atoms with Gasteiger partial charge in [-0.1, -0.05) is 0 Å². The van der Waals surface area contributed by atoms with Crippen molar-refractivity contribution in [2.45, 2.75) is 18.4 Å². The summed E-state index contributed by atoms with van der Waals surface area (Å²) in [6.45, 7) is 2.22. The first kappa shape index (κ1) is 17.1. The molecule has 24 heavy (non-hydrogen) atoms. The second-order valence-electron chi connectivity index (χ2n) is 5.02. The molecule has 1 N–H and O–H groups in total. The summed E-state index contributed by atoms with van der Waals surface area (Å²) in [7, 11) is -2.01. The number of benzene rings is 1. The van der Waals surface area contributed by atoms with Crippen molar-refractivity contribution in [3.8, 4) is 16.3 Å².